The van der Waals surface area contributed by atoms with Crippen LogP contribution in [0.25, 0.3) is 17.1 Å². The number of ketones is 1. The van der Waals surface area contributed by atoms with Crippen molar-refractivity contribution in [1.82, 2.24) is 14.9 Å². The monoisotopic (exact) mass is 683 g/mol. The van der Waals surface area contributed by atoms with E-state index >= 15 is 0 Å². The molecule has 0 spiro atoms. The van der Waals surface area contributed by atoms with Crippen molar-refractivity contribution >= 4 is 34.8 Å². The van der Waals surface area contributed by atoms with Gasteiger partial charge >= 0.3 is 5.97 Å². The molecule has 12 heteroatoms. The number of hydrogen-bond acceptors (Lipinski definition) is 10. The maximum Gasteiger partial charge on any atom is 0.342 e. The summed E-state index contributed by atoms with van der Waals surface area (Å²) in [6.45, 7) is 2.06. The third-order valence-corrected chi connectivity index (χ3v) is 9.12. The predicted octanol–water partition coefficient (Wildman–Crippen LogP) is 5.49. The summed E-state index contributed by atoms with van der Waals surface area (Å²) >= 11 is 0. The van der Waals surface area contributed by atoms with E-state index in [1.165, 1.54) is 6.07 Å². The second kappa shape index (κ2) is 15.5. The number of nitrogens with one attached hydrogen (secondary N) is 1. The van der Waals surface area contributed by atoms with Gasteiger partial charge in [0.2, 0.25) is 12.7 Å². The van der Waals surface area contributed by atoms with Gasteiger partial charge in [-0.3, -0.25) is 9.59 Å². The third-order valence-electron chi connectivity index (χ3n) is 9.12. The highest BCUT2D eigenvalue weighted by Gasteiger charge is 2.32. The topological polar surface area (TPSA) is 169 Å². The molecule has 0 saturated heterocycles. The van der Waals surface area contributed by atoms with Crippen LogP contribution >= 0.6 is 0 Å². The number of allylic oxidation sites excluding steroid dienone is 1. The van der Waals surface area contributed by atoms with Crippen molar-refractivity contribution in [2.75, 3.05) is 13.3 Å². The van der Waals surface area contributed by atoms with Crippen molar-refractivity contribution in [1.29, 1.82) is 0 Å². The molecule has 1 unspecified atom stereocenters. The number of phenols is 2. The number of Topliss-reactive ketones (excluding diaryl/α,β-unsaturated/α-hetero) is 1. The van der Waals surface area contributed by atoms with Crippen LogP contribution < -0.4 is 14.8 Å². The van der Waals surface area contributed by atoms with Crippen LogP contribution in [0.1, 0.15) is 90.7 Å². The van der Waals surface area contributed by atoms with Crippen molar-refractivity contribution in [3.63, 3.8) is 0 Å². The minimum Gasteiger partial charge on any atom is -0.507 e. The Labute approximate surface area is 289 Å². The number of imidazole rings is 1. The van der Waals surface area contributed by atoms with Crippen molar-refractivity contribution < 1.29 is 43.9 Å². The van der Waals surface area contributed by atoms with Gasteiger partial charge in [0, 0.05) is 43.8 Å². The second-order valence-corrected chi connectivity index (χ2v) is 12.6. The summed E-state index contributed by atoms with van der Waals surface area (Å²) in [7, 11) is 0. The summed E-state index contributed by atoms with van der Waals surface area (Å²) in [5.41, 5.74) is 2.23. The number of aliphatic hydroxyl groups is 1. The Bertz CT molecular complexity index is 1930. The van der Waals surface area contributed by atoms with Crippen LogP contribution in [-0.2, 0) is 27.5 Å². The maximum atomic E-state index is 13.7. The molecule has 262 valence electrons. The Kier molecular flexibility index (Phi) is 10.7. The predicted molar refractivity (Wildman–Crippen MR) is 184 cm³/mol. The van der Waals surface area contributed by atoms with Gasteiger partial charge in [-0.15, -0.1) is 0 Å². The fourth-order valence-corrected chi connectivity index (χ4v) is 6.60. The van der Waals surface area contributed by atoms with E-state index in [0.717, 1.165) is 11.0 Å². The number of esters is 1. The zero-order chi connectivity index (χ0) is 35.2. The van der Waals surface area contributed by atoms with Gasteiger partial charge in [-0.05, 0) is 74.1 Å². The zero-order valence-electron chi connectivity index (χ0n) is 27.9. The number of rotatable bonds is 8. The first-order chi connectivity index (χ1) is 24.2. The van der Waals surface area contributed by atoms with Gasteiger partial charge in [-0.1, -0.05) is 30.4 Å². The highest BCUT2D eigenvalue weighted by molar-refractivity contribution is 5.98. The average Bonchev–Trinajstić information content (AvgIpc) is 3.71. The molecule has 0 bridgehead atoms. The quantitative estimate of drug-likeness (QED) is 0.174. The van der Waals surface area contributed by atoms with E-state index in [2.05, 4.69) is 10.3 Å². The lowest BCUT2D eigenvalue weighted by Crippen LogP contribution is -2.29. The van der Waals surface area contributed by atoms with Crippen LogP contribution in [0.3, 0.4) is 0 Å². The maximum absolute atomic E-state index is 13.7. The van der Waals surface area contributed by atoms with E-state index in [0.29, 0.717) is 68.0 Å². The molecule has 12 nitrogen and oxygen atoms in total. The number of ether oxygens (including phenoxy) is 3. The van der Waals surface area contributed by atoms with Gasteiger partial charge in [0.25, 0.3) is 0 Å². The Morgan fingerprint density at radius 1 is 1.06 bits per heavy atom. The first kappa shape index (κ1) is 34.5. The minimum atomic E-state index is -0.912. The SMILES string of the molecule is C[C@H]1CCCC(=O)CCCC=Cc2cc(O)c(C(CC(=O)NCCn3c(CO)nc4ccccc43)c3ccc4c(c3)OCO4)c(O)c2C(=O)O1. The van der Waals surface area contributed by atoms with E-state index in [-0.39, 0.29) is 60.5 Å². The largest absolute Gasteiger partial charge is 0.507 e. The summed E-state index contributed by atoms with van der Waals surface area (Å²) in [5, 5.41) is 36.1. The van der Waals surface area contributed by atoms with Crippen LogP contribution in [0.15, 0.2) is 54.6 Å². The average molecular weight is 684 g/mol. The molecule has 2 atom stereocenters. The van der Waals surface area contributed by atoms with Gasteiger partial charge in [-0.2, -0.15) is 0 Å². The Morgan fingerprint density at radius 2 is 1.86 bits per heavy atom. The molecule has 1 aromatic heterocycles. The number of benzene rings is 3. The van der Waals surface area contributed by atoms with Crippen molar-refractivity contribution in [3.8, 4) is 23.0 Å². The summed E-state index contributed by atoms with van der Waals surface area (Å²) < 4.78 is 18.6. The number of carbonyl (C=O) groups excluding carboxylic acids is 3. The number of aromatic hydroxyl groups is 2. The molecule has 2 aliphatic rings. The lowest BCUT2D eigenvalue weighted by atomic mass is 9.84. The molecule has 0 aliphatic carbocycles. The number of hydrogen-bond donors (Lipinski definition) is 4. The number of fused-ring (bicyclic) bond motifs is 3. The molecule has 4 N–H and O–H groups in total. The number of para-hydroxylation sites is 2. The lowest BCUT2D eigenvalue weighted by Gasteiger charge is -2.23. The Morgan fingerprint density at radius 3 is 2.70 bits per heavy atom. The minimum absolute atomic E-state index is 0.00866. The van der Waals surface area contributed by atoms with E-state index in [1.807, 2.05) is 28.8 Å². The van der Waals surface area contributed by atoms with Crippen LogP contribution in [0.4, 0.5) is 0 Å². The molecule has 4 aromatic rings. The number of cyclic esters (lactones) is 1. The molecule has 6 rings (SSSR count). The molecule has 3 aromatic carbocycles. The van der Waals surface area contributed by atoms with Crippen molar-refractivity contribution in [2.45, 2.75) is 77.0 Å². The van der Waals surface area contributed by atoms with Gasteiger partial charge in [0.15, 0.2) is 11.5 Å². The number of aliphatic hydroxyl groups excluding tert-OH is 1. The summed E-state index contributed by atoms with van der Waals surface area (Å²) in [6.07, 6.45) is 5.80. The molecule has 1 amide bonds. The van der Waals surface area contributed by atoms with Crippen LogP contribution in [-0.4, -0.2) is 62.0 Å². The van der Waals surface area contributed by atoms with Crippen molar-refractivity contribution in [3.05, 3.63) is 82.7 Å². The molecular weight excluding hydrogens is 642 g/mol. The Balaban J connectivity index is 1.32. The van der Waals surface area contributed by atoms with Gasteiger partial charge < -0.3 is 39.4 Å². The molecule has 50 heavy (non-hydrogen) atoms. The van der Waals surface area contributed by atoms with Crippen LogP contribution in [0, 0.1) is 0 Å². The zero-order valence-corrected chi connectivity index (χ0v) is 27.9. The number of carbonyl (C=O) groups is 3. The highest BCUT2D eigenvalue weighted by Crippen LogP contribution is 2.46. The van der Waals surface area contributed by atoms with Crippen LogP contribution in [0.2, 0.25) is 0 Å². The normalized spacial score (nSPS) is 17.2. The summed E-state index contributed by atoms with van der Waals surface area (Å²) in [6, 6.07) is 14.0. The summed E-state index contributed by atoms with van der Waals surface area (Å²) in [4.78, 5) is 43.9. The molecular formula is C38H41N3O9. The molecule has 0 saturated carbocycles. The fourth-order valence-electron chi connectivity index (χ4n) is 6.60. The molecule has 0 radical (unpaired) electrons. The number of amides is 1. The smallest absolute Gasteiger partial charge is 0.342 e. The number of nitrogens with zero attached hydrogens (tertiary/aromatic N) is 2. The van der Waals surface area contributed by atoms with E-state index in [9.17, 15) is 29.7 Å². The number of aromatic nitrogens is 2. The van der Waals surface area contributed by atoms with E-state index in [4.69, 9.17) is 14.2 Å². The van der Waals surface area contributed by atoms with E-state index in [1.54, 1.807) is 37.3 Å². The first-order valence-electron chi connectivity index (χ1n) is 16.9. The van der Waals surface area contributed by atoms with Crippen LogP contribution in [0.5, 0.6) is 23.0 Å². The fraction of sp³-hybridized carbons (Fsp3) is 0.368. The van der Waals surface area contributed by atoms with E-state index < -0.39 is 23.7 Å². The summed E-state index contributed by atoms with van der Waals surface area (Å²) in [5.74, 6) is -1.26. The first-order valence-corrected chi connectivity index (χ1v) is 16.9. The van der Waals surface area contributed by atoms with Gasteiger partial charge in [0.1, 0.15) is 35.3 Å². The third kappa shape index (κ3) is 7.60. The van der Waals surface area contributed by atoms with Gasteiger partial charge in [0.05, 0.1) is 17.1 Å². The molecule has 3 heterocycles. The van der Waals surface area contributed by atoms with Gasteiger partial charge in [-0.25, -0.2) is 9.78 Å². The Hall–Kier alpha value is -5.36. The lowest BCUT2D eigenvalue weighted by molar-refractivity contribution is -0.121. The second-order valence-electron chi connectivity index (χ2n) is 12.6. The highest BCUT2D eigenvalue weighted by atomic mass is 16.7. The van der Waals surface area contributed by atoms with Crippen molar-refractivity contribution in [2.24, 2.45) is 0 Å². The molecule has 0 fully saturated rings. The molecule has 2 aliphatic heterocycles. The number of phenolic OH excluding ortho intramolecular Hbond substituents is 2. The standard InChI is InChI=1S/C38H41N3O9/c1-23-8-7-11-26(43)10-4-2-3-9-25-18-30(44)36(37(46)35(25)38(47)50-23)27(24-14-15-31-32(19-24)49-22-48-31)20-34(45)39-16-17-41-29-13-6-5-12-28(29)40-33(41)21-42/h3,5-6,9,12-15,18-19,23,27,42,44,46H,2,4,7-8,10-11,16-17,20-22H2,1H3,(H,39,45)/t23-,27?/m0/s1.